The number of nitro benzene ring substituents is 1. The van der Waals surface area contributed by atoms with Gasteiger partial charge in [0.2, 0.25) is 0 Å². The molecule has 35 heavy (non-hydrogen) atoms. The number of ether oxygens (including phenoxy) is 2. The minimum Gasteiger partial charge on any atom is -0.483 e. The van der Waals surface area contributed by atoms with Crippen LogP contribution in [0.25, 0.3) is 10.9 Å². The van der Waals surface area contributed by atoms with Crippen molar-refractivity contribution in [3.63, 3.8) is 0 Å². The predicted molar refractivity (Wildman–Crippen MR) is 135 cm³/mol. The fraction of sp³-hybridized carbons (Fsp3) is 0.375. The van der Waals surface area contributed by atoms with Crippen LogP contribution in [-0.2, 0) is 4.74 Å². The molecule has 2 heterocycles. The second kappa shape index (κ2) is 10.0. The summed E-state index contributed by atoms with van der Waals surface area (Å²) in [5.74, 6) is 0.596. The number of likely N-dealkylation sites (tertiary alicyclic amines) is 1. The van der Waals surface area contributed by atoms with E-state index in [0.29, 0.717) is 42.7 Å². The molecule has 10 nitrogen and oxygen atoms in total. The number of anilines is 2. The maximum absolute atomic E-state index is 12.3. The van der Waals surface area contributed by atoms with Crippen LogP contribution >= 0.6 is 15.9 Å². The Balaban J connectivity index is 1.53. The summed E-state index contributed by atoms with van der Waals surface area (Å²) in [6, 6.07) is 10.5. The summed E-state index contributed by atoms with van der Waals surface area (Å²) in [7, 11) is 0. The molecule has 3 aromatic rings. The highest BCUT2D eigenvalue weighted by atomic mass is 79.9. The molecule has 184 valence electrons. The third-order valence-electron chi connectivity index (χ3n) is 5.39. The van der Waals surface area contributed by atoms with E-state index in [9.17, 15) is 14.9 Å². The first-order valence-electron chi connectivity index (χ1n) is 11.2. The number of carbonyl (C=O) groups excluding carboxylic acids is 1. The summed E-state index contributed by atoms with van der Waals surface area (Å²) < 4.78 is 12.4. The van der Waals surface area contributed by atoms with Crippen molar-refractivity contribution >= 4 is 50.1 Å². The zero-order valence-electron chi connectivity index (χ0n) is 19.7. The van der Waals surface area contributed by atoms with Crippen molar-refractivity contribution in [3.8, 4) is 5.75 Å². The number of halogens is 1. The molecule has 11 heteroatoms. The molecule has 1 saturated heterocycles. The number of hydrogen-bond acceptors (Lipinski definition) is 8. The Kier molecular flexibility index (Phi) is 7.06. The average molecular weight is 544 g/mol. The van der Waals surface area contributed by atoms with Gasteiger partial charge < -0.3 is 19.7 Å². The SMILES string of the molecule is CC(C)(C)OC(=O)N1CCC(Oc2cc3ncnc(Nc4cccc(Br)c4)c3cc2[N+](=O)[O-])CC1. The van der Waals surface area contributed by atoms with Crippen LogP contribution in [0.2, 0.25) is 0 Å². The maximum Gasteiger partial charge on any atom is 0.410 e. The number of nitro groups is 1. The van der Waals surface area contributed by atoms with Gasteiger partial charge in [-0.2, -0.15) is 0 Å². The van der Waals surface area contributed by atoms with E-state index in [1.165, 1.54) is 12.4 Å². The van der Waals surface area contributed by atoms with Crippen molar-refractivity contribution in [3.05, 3.63) is 57.3 Å². The molecule has 0 unspecified atom stereocenters. The van der Waals surface area contributed by atoms with Gasteiger partial charge in [-0.25, -0.2) is 14.8 Å². The van der Waals surface area contributed by atoms with Crippen LogP contribution in [0.15, 0.2) is 47.2 Å². The van der Waals surface area contributed by atoms with Gasteiger partial charge in [0.15, 0.2) is 5.75 Å². The third-order valence-corrected chi connectivity index (χ3v) is 5.88. The first-order chi connectivity index (χ1) is 16.6. The molecule has 4 rings (SSSR count). The average Bonchev–Trinajstić information content (AvgIpc) is 2.78. The quantitative estimate of drug-likeness (QED) is 0.315. The molecule has 1 aliphatic rings. The van der Waals surface area contributed by atoms with E-state index in [1.54, 1.807) is 11.0 Å². The van der Waals surface area contributed by atoms with Crippen LogP contribution in [0.5, 0.6) is 5.75 Å². The number of aromatic nitrogens is 2. The second-order valence-corrected chi connectivity index (χ2v) is 10.2. The van der Waals surface area contributed by atoms with Crippen molar-refractivity contribution in [2.24, 2.45) is 0 Å². The summed E-state index contributed by atoms with van der Waals surface area (Å²) in [4.78, 5) is 33.9. The Morgan fingerprint density at radius 2 is 1.94 bits per heavy atom. The van der Waals surface area contributed by atoms with Gasteiger partial charge in [0, 0.05) is 48.2 Å². The Hall–Kier alpha value is -3.47. The van der Waals surface area contributed by atoms with E-state index >= 15 is 0 Å². The van der Waals surface area contributed by atoms with Gasteiger partial charge in [-0.15, -0.1) is 0 Å². The van der Waals surface area contributed by atoms with Crippen LogP contribution in [-0.4, -0.2) is 50.7 Å². The summed E-state index contributed by atoms with van der Waals surface area (Å²) in [6.45, 7) is 6.36. The normalized spacial score (nSPS) is 14.6. The summed E-state index contributed by atoms with van der Waals surface area (Å²) in [5.41, 5.74) is 0.561. The van der Waals surface area contributed by atoms with Crippen molar-refractivity contribution in [1.82, 2.24) is 14.9 Å². The highest BCUT2D eigenvalue weighted by Crippen LogP contribution is 2.36. The summed E-state index contributed by atoms with van der Waals surface area (Å²) in [6.07, 6.45) is 1.83. The molecule has 1 fully saturated rings. The molecule has 1 aromatic heterocycles. The Labute approximate surface area is 210 Å². The van der Waals surface area contributed by atoms with Gasteiger partial charge in [-0.1, -0.05) is 22.0 Å². The first-order valence-corrected chi connectivity index (χ1v) is 12.0. The zero-order chi connectivity index (χ0) is 25.2. The van der Waals surface area contributed by atoms with E-state index < -0.39 is 10.5 Å². The lowest BCUT2D eigenvalue weighted by Crippen LogP contribution is -2.44. The maximum atomic E-state index is 12.3. The lowest BCUT2D eigenvalue weighted by Gasteiger charge is -2.33. The number of rotatable bonds is 5. The van der Waals surface area contributed by atoms with Crippen molar-refractivity contribution in [2.75, 3.05) is 18.4 Å². The zero-order valence-corrected chi connectivity index (χ0v) is 21.2. The van der Waals surface area contributed by atoms with Crippen molar-refractivity contribution in [1.29, 1.82) is 0 Å². The molecule has 2 aromatic carbocycles. The summed E-state index contributed by atoms with van der Waals surface area (Å²) >= 11 is 3.43. The molecule has 0 bridgehead atoms. The van der Waals surface area contributed by atoms with Crippen molar-refractivity contribution < 1.29 is 19.2 Å². The largest absolute Gasteiger partial charge is 0.483 e. The molecular weight excluding hydrogens is 518 g/mol. The number of hydrogen-bond donors (Lipinski definition) is 1. The number of nitrogens with one attached hydrogen (secondary N) is 1. The number of benzene rings is 2. The fourth-order valence-electron chi connectivity index (χ4n) is 3.77. The fourth-order valence-corrected chi connectivity index (χ4v) is 4.17. The Morgan fingerprint density at radius 3 is 2.60 bits per heavy atom. The molecule has 0 atom stereocenters. The molecule has 0 aliphatic carbocycles. The molecule has 1 amide bonds. The first kappa shape index (κ1) is 24.6. The number of amides is 1. The van der Waals surface area contributed by atoms with Crippen LogP contribution in [0.1, 0.15) is 33.6 Å². The van der Waals surface area contributed by atoms with E-state index in [-0.39, 0.29) is 23.6 Å². The highest BCUT2D eigenvalue weighted by molar-refractivity contribution is 9.10. The smallest absolute Gasteiger partial charge is 0.410 e. The van der Waals surface area contributed by atoms with E-state index in [0.717, 1.165) is 10.2 Å². The standard InChI is InChI=1S/C24H26BrN5O5/c1-24(2,3)35-23(31)29-9-7-17(8-10-29)34-21-13-19-18(12-20(21)30(32)33)22(27-14-26-19)28-16-6-4-5-15(25)11-16/h4-6,11-14,17H,7-10H2,1-3H3,(H,26,27,28). The minimum absolute atomic E-state index is 0.144. The van der Waals surface area contributed by atoms with Crippen LogP contribution in [0.4, 0.5) is 22.0 Å². The molecule has 0 radical (unpaired) electrons. The minimum atomic E-state index is -0.567. The monoisotopic (exact) mass is 543 g/mol. The predicted octanol–water partition coefficient (Wildman–Crippen LogP) is 5.82. The lowest BCUT2D eigenvalue weighted by molar-refractivity contribution is -0.386. The third kappa shape index (κ3) is 6.16. The number of carbonyl (C=O) groups is 1. The van der Waals surface area contributed by atoms with E-state index in [4.69, 9.17) is 9.47 Å². The van der Waals surface area contributed by atoms with Crippen molar-refractivity contribution in [2.45, 2.75) is 45.3 Å². The second-order valence-electron chi connectivity index (χ2n) is 9.24. The van der Waals surface area contributed by atoms with E-state index in [2.05, 4.69) is 31.2 Å². The topological polar surface area (TPSA) is 120 Å². The van der Waals surface area contributed by atoms with Gasteiger partial charge >= 0.3 is 11.8 Å². The van der Waals surface area contributed by atoms with Gasteiger partial charge in [0.05, 0.1) is 15.8 Å². The van der Waals surface area contributed by atoms with E-state index in [1.807, 2.05) is 45.0 Å². The van der Waals surface area contributed by atoms with Gasteiger partial charge in [0.1, 0.15) is 23.9 Å². The molecule has 0 spiro atoms. The number of fused-ring (bicyclic) bond motifs is 1. The van der Waals surface area contributed by atoms with Crippen LogP contribution in [0, 0.1) is 10.1 Å². The summed E-state index contributed by atoms with van der Waals surface area (Å²) in [5, 5.41) is 15.6. The number of nitrogens with zero attached hydrogens (tertiary/aromatic N) is 4. The lowest BCUT2D eigenvalue weighted by atomic mass is 10.1. The number of piperidine rings is 1. The van der Waals surface area contributed by atoms with Gasteiger partial charge in [0.25, 0.3) is 0 Å². The molecule has 0 saturated carbocycles. The van der Waals surface area contributed by atoms with Crippen LogP contribution in [0.3, 0.4) is 0 Å². The Morgan fingerprint density at radius 1 is 1.20 bits per heavy atom. The Bertz CT molecular complexity index is 1250. The van der Waals surface area contributed by atoms with Gasteiger partial charge in [-0.3, -0.25) is 10.1 Å². The highest BCUT2D eigenvalue weighted by Gasteiger charge is 2.29. The molecule has 1 aliphatic heterocycles. The van der Waals surface area contributed by atoms with Crippen LogP contribution < -0.4 is 10.1 Å². The molecule has 1 N–H and O–H groups in total. The molecular formula is C24H26BrN5O5. The van der Waals surface area contributed by atoms with Gasteiger partial charge in [-0.05, 0) is 39.0 Å².